The Kier molecular flexibility index (Phi) is 6.01. The highest BCUT2D eigenvalue weighted by molar-refractivity contribution is 5.29. The molecule has 3 saturated carbocycles. The second-order valence-electron chi connectivity index (χ2n) is 12.3. The Morgan fingerprint density at radius 1 is 0.966 bits per heavy atom. The van der Waals surface area contributed by atoms with Crippen molar-refractivity contribution in [1.29, 1.82) is 0 Å². The molecule has 0 aromatic heterocycles. The average Bonchev–Trinajstić information content (AvgIpc) is 3.00. The van der Waals surface area contributed by atoms with E-state index in [0.717, 1.165) is 42.9 Å². The van der Waals surface area contributed by atoms with Crippen LogP contribution >= 0.6 is 0 Å². The van der Waals surface area contributed by atoms with Gasteiger partial charge in [0.2, 0.25) is 0 Å². The fourth-order valence-corrected chi connectivity index (χ4v) is 8.78. The van der Waals surface area contributed by atoms with E-state index in [0.29, 0.717) is 17.3 Å². The van der Waals surface area contributed by atoms with Crippen molar-refractivity contribution >= 4 is 0 Å². The molecular weight excluding hydrogens is 356 g/mol. The van der Waals surface area contributed by atoms with Gasteiger partial charge in [-0.15, -0.1) is 0 Å². The van der Waals surface area contributed by atoms with Crippen LogP contribution < -0.4 is 0 Å². The highest BCUT2D eigenvalue weighted by Crippen LogP contribution is 2.67. The fourth-order valence-electron chi connectivity index (χ4n) is 8.78. The Morgan fingerprint density at radius 2 is 1.72 bits per heavy atom. The summed E-state index contributed by atoms with van der Waals surface area (Å²) in [6, 6.07) is 0. The molecule has 2 heteroatoms. The minimum absolute atomic E-state index is 0.115. The zero-order valence-electron chi connectivity index (χ0n) is 19.7. The predicted molar refractivity (Wildman–Crippen MR) is 120 cm³/mol. The summed E-state index contributed by atoms with van der Waals surface area (Å²) in [4.78, 5) is 0. The molecule has 4 aliphatic rings. The van der Waals surface area contributed by atoms with Crippen LogP contribution in [0.15, 0.2) is 11.6 Å². The SMILES string of the molecule is CC(C)CCC[C@H](C)[C@H]1CC[C@H]2[C@H]3C[C@H](O)C4=C[C@H](O)CC[C@@]4(C)[C@@H]3CC[C@]12C. The number of hydrogen-bond donors (Lipinski definition) is 2. The average molecular weight is 403 g/mol. The molecule has 0 heterocycles. The van der Waals surface area contributed by atoms with Gasteiger partial charge in [0.05, 0.1) is 12.2 Å². The molecule has 0 aromatic carbocycles. The topological polar surface area (TPSA) is 40.5 Å². The Labute approximate surface area is 179 Å². The van der Waals surface area contributed by atoms with Crippen molar-refractivity contribution in [3.8, 4) is 0 Å². The highest BCUT2D eigenvalue weighted by Gasteiger charge is 2.60. The van der Waals surface area contributed by atoms with Gasteiger partial charge in [-0.05, 0) is 96.9 Å². The summed E-state index contributed by atoms with van der Waals surface area (Å²) in [5, 5.41) is 21.3. The molecule has 2 nitrogen and oxygen atoms in total. The standard InChI is InChI=1S/C27H46O2/c1-17(2)7-6-8-18(3)21-9-10-22-20-16-25(29)24-15-19(28)11-13-27(24,5)23(20)12-14-26(21,22)4/h15,17-23,25,28-29H,6-14,16H2,1-5H3/t18-,19+,20+,21+,22-,23+,25-,26+,27-/m0/s1. The van der Waals surface area contributed by atoms with Gasteiger partial charge < -0.3 is 10.2 Å². The van der Waals surface area contributed by atoms with Crippen LogP contribution in [0, 0.1) is 46.3 Å². The number of hydrogen-bond acceptors (Lipinski definition) is 2. The van der Waals surface area contributed by atoms with Crippen LogP contribution in [0.5, 0.6) is 0 Å². The van der Waals surface area contributed by atoms with E-state index < -0.39 is 0 Å². The number of aliphatic hydroxyl groups excluding tert-OH is 2. The monoisotopic (exact) mass is 402 g/mol. The molecular formula is C27H46O2. The third-order valence-corrected chi connectivity index (χ3v) is 10.3. The van der Waals surface area contributed by atoms with Gasteiger partial charge in [0, 0.05) is 0 Å². The maximum absolute atomic E-state index is 11.1. The fraction of sp³-hybridized carbons (Fsp3) is 0.926. The number of rotatable bonds is 5. The van der Waals surface area contributed by atoms with E-state index in [1.165, 1.54) is 50.5 Å². The molecule has 3 fully saturated rings. The van der Waals surface area contributed by atoms with Gasteiger partial charge in [0.25, 0.3) is 0 Å². The highest BCUT2D eigenvalue weighted by atomic mass is 16.3. The molecule has 0 radical (unpaired) electrons. The van der Waals surface area contributed by atoms with E-state index in [2.05, 4.69) is 34.6 Å². The van der Waals surface area contributed by atoms with Gasteiger partial charge in [0.1, 0.15) is 0 Å². The molecule has 0 unspecified atom stereocenters. The third-order valence-electron chi connectivity index (χ3n) is 10.3. The summed E-state index contributed by atoms with van der Waals surface area (Å²) in [5.41, 5.74) is 1.77. The Morgan fingerprint density at radius 3 is 2.45 bits per heavy atom. The largest absolute Gasteiger partial charge is 0.389 e. The Bertz CT molecular complexity index is 624. The number of aliphatic hydroxyl groups is 2. The first-order valence-electron chi connectivity index (χ1n) is 12.7. The van der Waals surface area contributed by atoms with E-state index in [1.807, 2.05) is 6.08 Å². The summed E-state index contributed by atoms with van der Waals surface area (Å²) in [5.74, 6) is 4.70. The van der Waals surface area contributed by atoms with Gasteiger partial charge in [-0.2, -0.15) is 0 Å². The zero-order chi connectivity index (χ0) is 21.0. The maximum atomic E-state index is 11.1. The molecule has 166 valence electrons. The lowest BCUT2D eigenvalue weighted by Gasteiger charge is -2.60. The Hall–Kier alpha value is -0.340. The van der Waals surface area contributed by atoms with Crippen LogP contribution in [0.1, 0.15) is 98.8 Å². The van der Waals surface area contributed by atoms with E-state index in [9.17, 15) is 10.2 Å². The van der Waals surface area contributed by atoms with Crippen LogP contribution in [0.4, 0.5) is 0 Å². The minimum Gasteiger partial charge on any atom is -0.389 e. The molecule has 0 aliphatic heterocycles. The van der Waals surface area contributed by atoms with Gasteiger partial charge >= 0.3 is 0 Å². The summed E-state index contributed by atoms with van der Waals surface area (Å²) < 4.78 is 0. The summed E-state index contributed by atoms with van der Waals surface area (Å²) in [7, 11) is 0. The lowest BCUT2D eigenvalue weighted by atomic mass is 9.46. The molecule has 0 saturated heterocycles. The summed E-state index contributed by atoms with van der Waals surface area (Å²) in [6.45, 7) is 12.3. The van der Waals surface area contributed by atoms with Crippen molar-refractivity contribution in [2.24, 2.45) is 46.3 Å². The predicted octanol–water partition coefficient (Wildman–Crippen LogP) is 6.36. The normalized spacial score (nSPS) is 47.9. The van der Waals surface area contributed by atoms with Crippen molar-refractivity contribution in [2.75, 3.05) is 0 Å². The first kappa shape index (κ1) is 21.9. The van der Waals surface area contributed by atoms with Crippen LogP contribution in [-0.4, -0.2) is 22.4 Å². The van der Waals surface area contributed by atoms with Crippen LogP contribution in [0.3, 0.4) is 0 Å². The molecule has 0 amide bonds. The molecule has 4 rings (SSSR count). The van der Waals surface area contributed by atoms with Crippen LogP contribution in [0.25, 0.3) is 0 Å². The number of fused-ring (bicyclic) bond motifs is 5. The second-order valence-corrected chi connectivity index (χ2v) is 12.3. The zero-order valence-corrected chi connectivity index (χ0v) is 19.7. The summed E-state index contributed by atoms with van der Waals surface area (Å²) in [6.07, 6.45) is 13.8. The quantitative estimate of drug-likeness (QED) is 0.525. The van der Waals surface area contributed by atoms with Crippen molar-refractivity contribution in [3.63, 3.8) is 0 Å². The van der Waals surface area contributed by atoms with Crippen molar-refractivity contribution < 1.29 is 10.2 Å². The smallest absolute Gasteiger partial charge is 0.0759 e. The molecule has 0 bridgehead atoms. The summed E-state index contributed by atoms with van der Waals surface area (Å²) >= 11 is 0. The first-order chi connectivity index (χ1) is 13.7. The van der Waals surface area contributed by atoms with Crippen molar-refractivity contribution in [2.45, 2.75) is 111 Å². The second kappa shape index (κ2) is 7.97. The lowest BCUT2D eigenvalue weighted by Crippen LogP contribution is -2.54. The van der Waals surface area contributed by atoms with E-state index >= 15 is 0 Å². The van der Waals surface area contributed by atoms with Crippen molar-refractivity contribution in [1.82, 2.24) is 0 Å². The van der Waals surface area contributed by atoms with E-state index in [1.54, 1.807) is 0 Å². The van der Waals surface area contributed by atoms with Gasteiger partial charge in [-0.25, -0.2) is 0 Å². The van der Waals surface area contributed by atoms with Crippen LogP contribution in [-0.2, 0) is 0 Å². The third kappa shape index (κ3) is 3.65. The molecule has 0 aromatic rings. The van der Waals surface area contributed by atoms with Crippen molar-refractivity contribution in [3.05, 3.63) is 11.6 Å². The lowest BCUT2D eigenvalue weighted by molar-refractivity contribution is -0.0874. The maximum Gasteiger partial charge on any atom is 0.0759 e. The van der Waals surface area contributed by atoms with Crippen LogP contribution in [0.2, 0.25) is 0 Å². The molecule has 0 spiro atoms. The van der Waals surface area contributed by atoms with E-state index in [-0.39, 0.29) is 17.6 Å². The first-order valence-corrected chi connectivity index (χ1v) is 12.7. The van der Waals surface area contributed by atoms with Gasteiger partial charge in [0.15, 0.2) is 0 Å². The van der Waals surface area contributed by atoms with E-state index in [4.69, 9.17) is 0 Å². The van der Waals surface area contributed by atoms with Gasteiger partial charge in [-0.1, -0.05) is 60.0 Å². The van der Waals surface area contributed by atoms with Gasteiger partial charge in [-0.3, -0.25) is 0 Å². The molecule has 9 atom stereocenters. The molecule has 2 N–H and O–H groups in total. The Balaban J connectivity index is 1.52. The molecule has 4 aliphatic carbocycles. The minimum atomic E-state index is -0.347. The molecule has 29 heavy (non-hydrogen) atoms.